The highest BCUT2D eigenvalue weighted by Crippen LogP contribution is 2.18. The van der Waals surface area contributed by atoms with Gasteiger partial charge in [-0.1, -0.05) is 0 Å². The maximum atomic E-state index is 11.7. The topological polar surface area (TPSA) is 58.1 Å². The summed E-state index contributed by atoms with van der Waals surface area (Å²) >= 11 is 0. The molecule has 0 aromatic carbocycles. The van der Waals surface area contributed by atoms with E-state index >= 15 is 0 Å². The lowest BCUT2D eigenvalue weighted by Gasteiger charge is -2.17. The number of fused-ring (bicyclic) bond motifs is 1. The molecule has 0 atom stereocenters. The van der Waals surface area contributed by atoms with E-state index in [9.17, 15) is 4.79 Å². The van der Waals surface area contributed by atoms with Crippen molar-refractivity contribution in [1.82, 2.24) is 20.2 Å². The van der Waals surface area contributed by atoms with Crippen molar-refractivity contribution in [2.24, 2.45) is 0 Å². The number of rotatable bonds is 1. The number of nitrogens with one attached hydrogen (secondary N) is 1. The van der Waals surface area contributed by atoms with Crippen LogP contribution in [0.2, 0.25) is 0 Å². The van der Waals surface area contributed by atoms with Crippen LogP contribution in [0, 0.1) is 0 Å². The zero-order chi connectivity index (χ0) is 10.8. The first-order chi connectivity index (χ1) is 7.16. The molecule has 0 spiro atoms. The number of nitrogens with zero attached hydrogens (tertiary/aromatic N) is 3. The van der Waals surface area contributed by atoms with E-state index in [0.717, 1.165) is 11.3 Å². The van der Waals surface area contributed by atoms with Crippen LogP contribution in [0.1, 0.15) is 25.1 Å². The summed E-state index contributed by atoms with van der Waals surface area (Å²) in [7, 11) is 0. The number of hydrogen-bond donors (Lipinski definition) is 1. The first kappa shape index (κ1) is 9.89. The van der Waals surface area contributed by atoms with Crippen LogP contribution in [0.4, 0.5) is 4.79 Å². The Morgan fingerprint density at radius 2 is 2.33 bits per heavy atom. The van der Waals surface area contributed by atoms with E-state index < -0.39 is 0 Å². The smallest absolute Gasteiger partial charge is 0.318 e. The lowest BCUT2D eigenvalue weighted by molar-refractivity contribution is 0.195. The molecule has 2 heterocycles. The molecule has 80 valence electrons. The summed E-state index contributed by atoms with van der Waals surface area (Å²) in [6.07, 6.45) is 3.29. The van der Waals surface area contributed by atoms with Gasteiger partial charge in [0.15, 0.2) is 0 Å². The molecular formula is C10H14N4O. The van der Waals surface area contributed by atoms with E-state index in [2.05, 4.69) is 15.3 Å². The van der Waals surface area contributed by atoms with E-state index in [-0.39, 0.29) is 12.1 Å². The number of carbonyl (C=O) groups is 1. The third-order valence-corrected chi connectivity index (χ3v) is 2.28. The average Bonchev–Trinajstić information content (AvgIpc) is 2.59. The van der Waals surface area contributed by atoms with Crippen LogP contribution in [-0.2, 0) is 13.1 Å². The number of aromatic nitrogens is 2. The monoisotopic (exact) mass is 206 g/mol. The minimum absolute atomic E-state index is 0.0389. The maximum absolute atomic E-state index is 11.7. The van der Waals surface area contributed by atoms with E-state index in [1.165, 1.54) is 6.33 Å². The summed E-state index contributed by atoms with van der Waals surface area (Å²) in [6.45, 7) is 5.08. The van der Waals surface area contributed by atoms with Crippen LogP contribution < -0.4 is 5.32 Å². The predicted octanol–water partition coefficient (Wildman–Crippen LogP) is 0.910. The molecule has 2 rings (SSSR count). The van der Waals surface area contributed by atoms with Gasteiger partial charge in [0.25, 0.3) is 0 Å². The van der Waals surface area contributed by atoms with Gasteiger partial charge in [-0.2, -0.15) is 0 Å². The van der Waals surface area contributed by atoms with E-state index in [0.29, 0.717) is 13.1 Å². The van der Waals surface area contributed by atoms with Gasteiger partial charge < -0.3 is 10.2 Å². The highest BCUT2D eigenvalue weighted by Gasteiger charge is 2.24. The summed E-state index contributed by atoms with van der Waals surface area (Å²) in [5, 5.41) is 2.86. The second-order valence-corrected chi connectivity index (χ2v) is 3.95. The Kier molecular flexibility index (Phi) is 2.53. The Hall–Kier alpha value is -1.65. The molecule has 0 saturated heterocycles. The molecule has 1 N–H and O–H groups in total. The Morgan fingerprint density at radius 3 is 3.00 bits per heavy atom. The summed E-state index contributed by atoms with van der Waals surface area (Å²) in [6, 6.07) is 0.121. The molecule has 0 fully saturated rings. The third-order valence-electron chi connectivity index (χ3n) is 2.28. The van der Waals surface area contributed by atoms with Crippen LogP contribution in [-0.4, -0.2) is 26.9 Å². The molecule has 0 aliphatic carbocycles. The SMILES string of the molecule is CC(C)NC(=O)N1Cc2cncnc2C1. The average molecular weight is 206 g/mol. The summed E-state index contributed by atoms with van der Waals surface area (Å²) in [5.74, 6) is 0. The minimum Gasteiger partial charge on any atom is -0.336 e. The summed E-state index contributed by atoms with van der Waals surface area (Å²) in [4.78, 5) is 21.5. The van der Waals surface area contributed by atoms with Crippen LogP contribution in [0.15, 0.2) is 12.5 Å². The second-order valence-electron chi connectivity index (χ2n) is 3.95. The van der Waals surface area contributed by atoms with Gasteiger partial charge in [0.05, 0.1) is 18.8 Å². The molecular weight excluding hydrogens is 192 g/mol. The fourth-order valence-corrected chi connectivity index (χ4v) is 1.58. The van der Waals surface area contributed by atoms with Crippen LogP contribution in [0.3, 0.4) is 0 Å². The van der Waals surface area contributed by atoms with Crippen molar-refractivity contribution in [3.63, 3.8) is 0 Å². The van der Waals surface area contributed by atoms with Crippen molar-refractivity contribution in [2.45, 2.75) is 33.0 Å². The predicted molar refractivity (Wildman–Crippen MR) is 54.9 cm³/mol. The molecule has 2 amide bonds. The number of urea groups is 1. The van der Waals surface area contributed by atoms with Gasteiger partial charge in [-0.3, -0.25) is 0 Å². The third kappa shape index (κ3) is 2.06. The largest absolute Gasteiger partial charge is 0.336 e. The quantitative estimate of drug-likeness (QED) is 0.743. The van der Waals surface area contributed by atoms with Crippen molar-refractivity contribution in [3.8, 4) is 0 Å². The van der Waals surface area contributed by atoms with Crippen molar-refractivity contribution >= 4 is 6.03 Å². The molecule has 0 radical (unpaired) electrons. The molecule has 0 bridgehead atoms. The zero-order valence-electron chi connectivity index (χ0n) is 8.90. The van der Waals surface area contributed by atoms with Crippen molar-refractivity contribution < 1.29 is 4.79 Å². The van der Waals surface area contributed by atoms with Gasteiger partial charge in [-0.15, -0.1) is 0 Å². The molecule has 1 aromatic rings. The first-order valence-corrected chi connectivity index (χ1v) is 5.00. The lowest BCUT2D eigenvalue weighted by atomic mass is 10.3. The number of hydrogen-bond acceptors (Lipinski definition) is 3. The van der Waals surface area contributed by atoms with Crippen LogP contribution >= 0.6 is 0 Å². The highest BCUT2D eigenvalue weighted by atomic mass is 16.2. The Labute approximate surface area is 88.5 Å². The number of amides is 2. The molecule has 5 heteroatoms. The Balaban J connectivity index is 2.04. The van der Waals surface area contributed by atoms with Crippen molar-refractivity contribution in [3.05, 3.63) is 23.8 Å². The van der Waals surface area contributed by atoms with Crippen molar-refractivity contribution in [1.29, 1.82) is 0 Å². The molecule has 1 aliphatic heterocycles. The summed E-state index contributed by atoms with van der Waals surface area (Å²) < 4.78 is 0. The minimum atomic E-state index is -0.0389. The number of carbonyl (C=O) groups excluding carboxylic acids is 1. The molecule has 15 heavy (non-hydrogen) atoms. The molecule has 0 unspecified atom stereocenters. The van der Waals surface area contributed by atoms with Crippen molar-refractivity contribution in [2.75, 3.05) is 0 Å². The standard InChI is InChI=1S/C10H14N4O/c1-7(2)13-10(15)14-4-8-3-11-6-12-9(8)5-14/h3,6-7H,4-5H2,1-2H3,(H,13,15). The van der Waals surface area contributed by atoms with E-state index in [4.69, 9.17) is 0 Å². The molecule has 5 nitrogen and oxygen atoms in total. The fourth-order valence-electron chi connectivity index (χ4n) is 1.58. The van der Waals surface area contributed by atoms with Gasteiger partial charge in [0, 0.05) is 17.8 Å². The molecule has 1 aliphatic rings. The van der Waals surface area contributed by atoms with Gasteiger partial charge in [0.1, 0.15) is 6.33 Å². The summed E-state index contributed by atoms with van der Waals surface area (Å²) in [5.41, 5.74) is 1.99. The van der Waals surface area contributed by atoms with Gasteiger partial charge in [-0.25, -0.2) is 14.8 Å². The molecule has 0 saturated carbocycles. The van der Waals surface area contributed by atoms with Gasteiger partial charge >= 0.3 is 6.03 Å². The zero-order valence-corrected chi connectivity index (χ0v) is 8.90. The Morgan fingerprint density at radius 1 is 1.53 bits per heavy atom. The highest BCUT2D eigenvalue weighted by molar-refractivity contribution is 5.75. The maximum Gasteiger partial charge on any atom is 0.318 e. The van der Waals surface area contributed by atoms with Gasteiger partial charge in [0.2, 0.25) is 0 Å². The van der Waals surface area contributed by atoms with Crippen LogP contribution in [0.5, 0.6) is 0 Å². The Bertz CT molecular complexity index is 352. The van der Waals surface area contributed by atoms with Crippen LogP contribution in [0.25, 0.3) is 0 Å². The lowest BCUT2D eigenvalue weighted by Crippen LogP contribution is -2.40. The van der Waals surface area contributed by atoms with E-state index in [1.54, 1.807) is 11.1 Å². The normalized spacial score (nSPS) is 14.2. The van der Waals surface area contributed by atoms with E-state index in [1.807, 2.05) is 13.8 Å². The first-order valence-electron chi connectivity index (χ1n) is 5.00. The fraction of sp³-hybridized carbons (Fsp3) is 0.500. The second kappa shape index (κ2) is 3.84. The van der Waals surface area contributed by atoms with Gasteiger partial charge in [-0.05, 0) is 13.8 Å². The molecule has 1 aromatic heterocycles.